The average molecular weight is 374 g/mol. The lowest BCUT2D eigenvalue weighted by Gasteiger charge is -2.22. The fraction of sp³-hybridized carbons (Fsp3) is 0.333. The van der Waals surface area contributed by atoms with Crippen molar-refractivity contribution in [2.45, 2.75) is 51.6 Å². The molecule has 2 aromatic carbocycles. The van der Waals surface area contributed by atoms with Gasteiger partial charge < -0.3 is 4.90 Å². The van der Waals surface area contributed by atoms with Gasteiger partial charge in [-0.2, -0.15) is 5.10 Å². The number of para-hydroxylation sites is 1. The third-order valence-electron chi connectivity index (χ3n) is 5.32. The van der Waals surface area contributed by atoms with Crippen molar-refractivity contribution < 1.29 is 4.79 Å². The molecule has 1 fully saturated rings. The highest BCUT2D eigenvalue weighted by molar-refractivity contribution is 5.79. The van der Waals surface area contributed by atoms with E-state index in [0.717, 1.165) is 24.1 Å². The van der Waals surface area contributed by atoms with Crippen LogP contribution in [-0.2, 0) is 17.8 Å². The Morgan fingerprint density at radius 1 is 1.07 bits per heavy atom. The quantitative estimate of drug-likeness (QED) is 0.600. The molecule has 3 aromatic rings. The van der Waals surface area contributed by atoms with E-state index in [1.807, 2.05) is 46.1 Å². The van der Waals surface area contributed by atoms with Crippen molar-refractivity contribution in [2.24, 2.45) is 0 Å². The molecule has 1 heterocycles. The third-order valence-corrected chi connectivity index (χ3v) is 5.32. The van der Waals surface area contributed by atoms with Crippen molar-refractivity contribution in [1.82, 2.24) is 14.7 Å². The van der Waals surface area contributed by atoms with Crippen molar-refractivity contribution in [3.05, 3.63) is 83.7 Å². The Balaban J connectivity index is 1.44. The van der Waals surface area contributed by atoms with E-state index in [0.29, 0.717) is 24.9 Å². The van der Waals surface area contributed by atoms with Gasteiger partial charge in [0.1, 0.15) is 0 Å². The van der Waals surface area contributed by atoms with Crippen molar-refractivity contribution in [3.8, 4) is 5.69 Å². The maximum absolute atomic E-state index is 13.0. The van der Waals surface area contributed by atoms with E-state index in [4.69, 9.17) is 0 Å². The van der Waals surface area contributed by atoms with Gasteiger partial charge in [0.25, 0.3) is 0 Å². The van der Waals surface area contributed by atoms with Crippen molar-refractivity contribution in [1.29, 1.82) is 0 Å². The smallest absolute Gasteiger partial charge is 0.227 e. The molecule has 0 atom stereocenters. The van der Waals surface area contributed by atoms with Gasteiger partial charge in [0, 0.05) is 18.8 Å². The second-order valence-electron chi connectivity index (χ2n) is 7.95. The molecule has 4 heteroatoms. The number of nitrogens with zero attached hydrogens (tertiary/aromatic N) is 3. The molecule has 28 heavy (non-hydrogen) atoms. The van der Waals surface area contributed by atoms with Gasteiger partial charge in [0.15, 0.2) is 0 Å². The van der Waals surface area contributed by atoms with Crippen molar-refractivity contribution in [2.75, 3.05) is 0 Å². The Morgan fingerprint density at radius 3 is 2.43 bits per heavy atom. The van der Waals surface area contributed by atoms with E-state index in [1.54, 1.807) is 6.20 Å². The van der Waals surface area contributed by atoms with E-state index in [1.165, 1.54) is 11.1 Å². The van der Waals surface area contributed by atoms with Gasteiger partial charge in [-0.15, -0.1) is 0 Å². The van der Waals surface area contributed by atoms with E-state index in [9.17, 15) is 4.79 Å². The minimum Gasteiger partial charge on any atom is -0.335 e. The number of rotatable bonds is 7. The molecule has 1 aliphatic rings. The van der Waals surface area contributed by atoms with E-state index < -0.39 is 0 Å². The van der Waals surface area contributed by atoms with Crippen LogP contribution < -0.4 is 0 Å². The van der Waals surface area contributed by atoms with Crippen molar-refractivity contribution in [3.63, 3.8) is 0 Å². The lowest BCUT2D eigenvalue weighted by Crippen LogP contribution is -2.33. The number of hydrogen-bond acceptors (Lipinski definition) is 2. The van der Waals surface area contributed by atoms with Crippen LogP contribution in [-0.4, -0.2) is 26.6 Å². The number of hydrogen-bond donors (Lipinski definition) is 0. The van der Waals surface area contributed by atoms with Crippen LogP contribution in [0.3, 0.4) is 0 Å². The molecule has 1 aliphatic carbocycles. The number of aromatic nitrogens is 2. The summed E-state index contributed by atoms with van der Waals surface area (Å²) in [7, 11) is 0. The molecule has 1 amide bonds. The van der Waals surface area contributed by atoms with E-state index >= 15 is 0 Å². The zero-order chi connectivity index (χ0) is 19.5. The van der Waals surface area contributed by atoms with Crippen LogP contribution in [0.5, 0.6) is 0 Å². The minimum absolute atomic E-state index is 0.183. The van der Waals surface area contributed by atoms with Crippen LogP contribution in [0.1, 0.15) is 49.3 Å². The molecule has 0 aliphatic heterocycles. The highest BCUT2D eigenvalue weighted by Gasteiger charge is 2.32. The first-order valence-corrected chi connectivity index (χ1v) is 10.1. The zero-order valence-electron chi connectivity index (χ0n) is 16.6. The average Bonchev–Trinajstić information content (AvgIpc) is 3.45. The predicted octanol–water partition coefficient (Wildman–Crippen LogP) is 4.73. The van der Waals surface area contributed by atoms with Crippen LogP contribution in [0.25, 0.3) is 5.69 Å². The molecular weight excluding hydrogens is 346 g/mol. The van der Waals surface area contributed by atoms with Gasteiger partial charge in [-0.3, -0.25) is 4.79 Å². The van der Waals surface area contributed by atoms with Crippen LogP contribution in [0.2, 0.25) is 0 Å². The molecule has 0 saturated heterocycles. The van der Waals surface area contributed by atoms with E-state index in [2.05, 4.69) is 43.2 Å². The predicted molar refractivity (Wildman–Crippen MR) is 111 cm³/mol. The zero-order valence-corrected chi connectivity index (χ0v) is 16.6. The Bertz CT molecular complexity index is 924. The summed E-state index contributed by atoms with van der Waals surface area (Å²) in [5.41, 5.74) is 4.49. The summed E-state index contributed by atoms with van der Waals surface area (Å²) in [6, 6.07) is 19.0. The Kier molecular flexibility index (Phi) is 5.29. The maximum Gasteiger partial charge on any atom is 0.227 e. The van der Waals surface area contributed by atoms with Crippen LogP contribution in [0.4, 0.5) is 0 Å². The minimum atomic E-state index is 0.183. The summed E-state index contributed by atoms with van der Waals surface area (Å²) in [5.74, 6) is 0.708. The maximum atomic E-state index is 13.0. The van der Waals surface area contributed by atoms with E-state index in [-0.39, 0.29) is 5.91 Å². The van der Waals surface area contributed by atoms with Gasteiger partial charge in [-0.25, -0.2) is 4.68 Å². The third kappa shape index (κ3) is 4.33. The standard InChI is InChI=1S/C24H27N3O/c1-18(2)21-10-8-19(9-11-21)16-26(22-12-13-22)24(28)14-20-15-25-27(17-20)23-6-4-3-5-7-23/h3-11,15,17-18,22H,12-14,16H2,1-2H3. The number of carbonyl (C=O) groups excluding carboxylic acids is 1. The van der Waals surface area contributed by atoms with Crippen molar-refractivity contribution >= 4 is 5.91 Å². The van der Waals surface area contributed by atoms with Gasteiger partial charge in [0.05, 0.1) is 18.3 Å². The van der Waals surface area contributed by atoms with Crippen LogP contribution in [0.15, 0.2) is 67.0 Å². The normalized spacial score (nSPS) is 13.7. The van der Waals surface area contributed by atoms with Gasteiger partial charge in [0.2, 0.25) is 5.91 Å². The molecule has 1 aromatic heterocycles. The summed E-state index contributed by atoms with van der Waals surface area (Å²) in [6.07, 6.45) is 6.37. The van der Waals surface area contributed by atoms with Gasteiger partial charge in [-0.05, 0) is 47.6 Å². The largest absolute Gasteiger partial charge is 0.335 e. The summed E-state index contributed by atoms with van der Waals surface area (Å²) in [6.45, 7) is 5.09. The summed E-state index contributed by atoms with van der Waals surface area (Å²) >= 11 is 0. The molecule has 0 bridgehead atoms. The summed E-state index contributed by atoms with van der Waals surface area (Å²) in [5, 5.41) is 4.42. The number of benzene rings is 2. The van der Waals surface area contributed by atoms with Gasteiger partial charge in [-0.1, -0.05) is 56.3 Å². The SMILES string of the molecule is CC(C)c1ccc(CN(C(=O)Cc2cnn(-c3ccccc3)c2)C2CC2)cc1. The fourth-order valence-electron chi connectivity index (χ4n) is 3.46. The second-order valence-corrected chi connectivity index (χ2v) is 7.95. The second kappa shape index (κ2) is 8.01. The number of amides is 1. The van der Waals surface area contributed by atoms with Crippen LogP contribution >= 0.6 is 0 Å². The van der Waals surface area contributed by atoms with Crippen LogP contribution in [0, 0.1) is 0 Å². The molecule has 4 nitrogen and oxygen atoms in total. The number of carbonyl (C=O) groups is 1. The topological polar surface area (TPSA) is 38.1 Å². The van der Waals surface area contributed by atoms with Gasteiger partial charge >= 0.3 is 0 Å². The summed E-state index contributed by atoms with van der Waals surface area (Å²) < 4.78 is 1.83. The molecule has 0 radical (unpaired) electrons. The summed E-state index contributed by atoms with van der Waals surface area (Å²) in [4.78, 5) is 15.1. The fourth-order valence-corrected chi connectivity index (χ4v) is 3.46. The molecule has 0 spiro atoms. The molecule has 0 unspecified atom stereocenters. The first kappa shape index (κ1) is 18.5. The molecular formula is C24H27N3O. The highest BCUT2D eigenvalue weighted by Crippen LogP contribution is 2.29. The highest BCUT2D eigenvalue weighted by atomic mass is 16.2. The Labute approximate surface area is 166 Å². The Morgan fingerprint density at radius 2 is 1.79 bits per heavy atom. The molecule has 4 rings (SSSR count). The molecule has 144 valence electrons. The first-order valence-electron chi connectivity index (χ1n) is 10.1. The molecule has 0 N–H and O–H groups in total. The Hall–Kier alpha value is -2.88. The lowest BCUT2D eigenvalue weighted by atomic mass is 10.0. The first-order chi connectivity index (χ1) is 13.6. The molecule has 1 saturated carbocycles. The monoisotopic (exact) mass is 373 g/mol. The lowest BCUT2D eigenvalue weighted by molar-refractivity contribution is -0.131.